The van der Waals surface area contributed by atoms with E-state index < -0.39 is 0 Å². The van der Waals surface area contributed by atoms with Crippen molar-refractivity contribution in [2.75, 3.05) is 19.4 Å². The van der Waals surface area contributed by atoms with Crippen LogP contribution in [0.15, 0.2) is 24.3 Å². The summed E-state index contributed by atoms with van der Waals surface area (Å²) in [4.78, 5) is 2.20. The van der Waals surface area contributed by atoms with Gasteiger partial charge < -0.3 is 10.2 Å². The van der Waals surface area contributed by atoms with E-state index in [0.717, 1.165) is 6.54 Å². The van der Waals surface area contributed by atoms with Gasteiger partial charge in [-0.05, 0) is 61.9 Å². The van der Waals surface area contributed by atoms with Crippen molar-refractivity contribution in [1.29, 1.82) is 0 Å². The summed E-state index contributed by atoms with van der Waals surface area (Å²) in [6.45, 7) is 10.6. The molecule has 2 heteroatoms. The van der Waals surface area contributed by atoms with E-state index in [9.17, 15) is 0 Å². The molecule has 0 aliphatic heterocycles. The van der Waals surface area contributed by atoms with Crippen LogP contribution in [0.25, 0.3) is 0 Å². The summed E-state index contributed by atoms with van der Waals surface area (Å²) in [5, 5.41) is 3.76. The third-order valence-electron chi connectivity index (χ3n) is 4.38. The fourth-order valence-electron chi connectivity index (χ4n) is 4.26. The first-order chi connectivity index (χ1) is 9.65. The predicted octanol–water partition coefficient (Wildman–Crippen LogP) is 4.77. The highest BCUT2D eigenvalue weighted by Crippen LogP contribution is 2.46. The van der Waals surface area contributed by atoms with E-state index in [1.54, 1.807) is 0 Å². The summed E-state index contributed by atoms with van der Waals surface area (Å²) in [7, 11) is 4.22. The number of nitrogens with one attached hydrogen (secondary N) is 1. The van der Waals surface area contributed by atoms with Gasteiger partial charge in [-0.1, -0.05) is 39.8 Å². The average molecular weight is 288 g/mol. The number of hydrogen-bond acceptors (Lipinski definition) is 2. The van der Waals surface area contributed by atoms with Crippen LogP contribution in [-0.4, -0.2) is 25.0 Å². The molecule has 0 amide bonds. The predicted molar refractivity (Wildman–Crippen MR) is 92.7 cm³/mol. The molecule has 1 N–H and O–H groups in total. The quantitative estimate of drug-likeness (QED) is 0.859. The fraction of sp³-hybridized carbons (Fsp3) is 0.684. The lowest BCUT2D eigenvalue weighted by Gasteiger charge is -2.45. The Morgan fingerprint density at radius 3 is 2.00 bits per heavy atom. The van der Waals surface area contributed by atoms with Crippen molar-refractivity contribution in [3.05, 3.63) is 29.8 Å². The maximum atomic E-state index is 3.76. The third kappa shape index (κ3) is 5.03. The van der Waals surface area contributed by atoms with Crippen molar-refractivity contribution in [2.45, 2.75) is 59.5 Å². The molecule has 2 rings (SSSR count). The number of hydrogen-bond donors (Lipinski definition) is 1. The van der Waals surface area contributed by atoms with E-state index in [-0.39, 0.29) is 0 Å². The van der Waals surface area contributed by atoms with Crippen LogP contribution in [-0.2, 0) is 6.54 Å². The van der Waals surface area contributed by atoms with Crippen LogP contribution < -0.4 is 5.32 Å². The van der Waals surface area contributed by atoms with Crippen LogP contribution in [0.1, 0.15) is 52.5 Å². The van der Waals surface area contributed by atoms with Gasteiger partial charge in [0.25, 0.3) is 0 Å². The summed E-state index contributed by atoms with van der Waals surface area (Å²) in [6.07, 6.45) is 3.84. The highest BCUT2D eigenvalue weighted by atomic mass is 15.0. The molecule has 0 bridgehead atoms. The standard InChI is InChI=1S/C19H32N2/c1-18(2)11-17(12-19(3,4)14-18)20-16-9-7-15(8-10-16)13-21(5)6/h7-10,17,20H,11-14H2,1-6H3. The molecule has 0 saturated heterocycles. The van der Waals surface area contributed by atoms with Crippen LogP contribution in [0.2, 0.25) is 0 Å². The van der Waals surface area contributed by atoms with Crippen LogP contribution in [0.4, 0.5) is 5.69 Å². The van der Waals surface area contributed by atoms with Gasteiger partial charge in [-0.25, -0.2) is 0 Å². The first kappa shape index (κ1) is 16.4. The molecule has 1 aromatic rings. The summed E-state index contributed by atoms with van der Waals surface area (Å²) in [5.74, 6) is 0. The summed E-state index contributed by atoms with van der Waals surface area (Å²) in [5.41, 5.74) is 3.50. The molecule has 1 aliphatic rings. The number of anilines is 1. The van der Waals surface area contributed by atoms with Gasteiger partial charge in [0, 0.05) is 18.3 Å². The largest absolute Gasteiger partial charge is 0.382 e. The van der Waals surface area contributed by atoms with Crippen LogP contribution in [0.3, 0.4) is 0 Å². The average Bonchev–Trinajstić information content (AvgIpc) is 2.26. The molecule has 118 valence electrons. The van der Waals surface area contributed by atoms with Crippen molar-refractivity contribution in [3.63, 3.8) is 0 Å². The second-order valence-corrected chi connectivity index (χ2v) is 8.69. The van der Waals surface area contributed by atoms with Gasteiger partial charge >= 0.3 is 0 Å². The van der Waals surface area contributed by atoms with E-state index >= 15 is 0 Å². The van der Waals surface area contributed by atoms with Gasteiger partial charge in [0.2, 0.25) is 0 Å². The Balaban J connectivity index is 2.00. The molecule has 0 radical (unpaired) electrons. The monoisotopic (exact) mass is 288 g/mol. The van der Waals surface area contributed by atoms with E-state index in [2.05, 4.69) is 76.3 Å². The van der Waals surface area contributed by atoms with E-state index in [1.165, 1.54) is 30.5 Å². The minimum atomic E-state index is 0.435. The van der Waals surface area contributed by atoms with Gasteiger partial charge in [0.1, 0.15) is 0 Å². The first-order valence-corrected chi connectivity index (χ1v) is 8.15. The molecule has 0 aromatic heterocycles. The second kappa shape index (κ2) is 6.00. The van der Waals surface area contributed by atoms with Gasteiger partial charge in [-0.2, -0.15) is 0 Å². The Labute approximate surface area is 130 Å². The highest BCUT2D eigenvalue weighted by Gasteiger charge is 2.38. The van der Waals surface area contributed by atoms with Crippen molar-refractivity contribution in [3.8, 4) is 0 Å². The SMILES string of the molecule is CN(C)Cc1ccc(NC2CC(C)(C)CC(C)(C)C2)cc1. The minimum absolute atomic E-state index is 0.435. The number of benzene rings is 1. The normalized spacial score (nSPS) is 21.5. The maximum Gasteiger partial charge on any atom is 0.0342 e. The van der Waals surface area contributed by atoms with Crippen molar-refractivity contribution in [2.24, 2.45) is 10.8 Å². The topological polar surface area (TPSA) is 15.3 Å². The fourth-order valence-corrected chi connectivity index (χ4v) is 4.26. The molecule has 1 fully saturated rings. The van der Waals surface area contributed by atoms with E-state index in [0.29, 0.717) is 16.9 Å². The maximum absolute atomic E-state index is 3.76. The van der Waals surface area contributed by atoms with Crippen LogP contribution >= 0.6 is 0 Å². The van der Waals surface area contributed by atoms with Crippen molar-refractivity contribution < 1.29 is 0 Å². The van der Waals surface area contributed by atoms with Gasteiger partial charge in [0.15, 0.2) is 0 Å². The molecule has 2 nitrogen and oxygen atoms in total. The van der Waals surface area contributed by atoms with Crippen molar-refractivity contribution in [1.82, 2.24) is 4.90 Å². The second-order valence-electron chi connectivity index (χ2n) is 8.69. The third-order valence-corrected chi connectivity index (χ3v) is 4.38. The zero-order chi connectivity index (χ0) is 15.7. The Morgan fingerprint density at radius 1 is 1.00 bits per heavy atom. The molecule has 0 atom stereocenters. The Morgan fingerprint density at radius 2 is 1.52 bits per heavy atom. The lowest BCUT2D eigenvalue weighted by atomic mass is 9.63. The van der Waals surface area contributed by atoms with Crippen molar-refractivity contribution >= 4 is 5.69 Å². The molecular formula is C19H32N2. The lowest BCUT2D eigenvalue weighted by Crippen LogP contribution is -2.40. The number of rotatable bonds is 4. The molecule has 0 unspecified atom stereocenters. The van der Waals surface area contributed by atoms with Crippen LogP contribution in [0.5, 0.6) is 0 Å². The van der Waals surface area contributed by atoms with Gasteiger partial charge in [-0.3, -0.25) is 0 Å². The van der Waals surface area contributed by atoms with E-state index in [1.807, 2.05) is 0 Å². The Hall–Kier alpha value is -1.02. The zero-order valence-electron chi connectivity index (χ0n) is 14.7. The molecular weight excluding hydrogens is 256 g/mol. The van der Waals surface area contributed by atoms with E-state index in [4.69, 9.17) is 0 Å². The minimum Gasteiger partial charge on any atom is -0.382 e. The molecule has 1 saturated carbocycles. The Bertz CT molecular complexity index is 441. The van der Waals surface area contributed by atoms with Crippen LogP contribution in [0, 0.1) is 10.8 Å². The summed E-state index contributed by atoms with van der Waals surface area (Å²) >= 11 is 0. The lowest BCUT2D eigenvalue weighted by molar-refractivity contribution is 0.105. The number of nitrogens with zero attached hydrogens (tertiary/aromatic N) is 1. The smallest absolute Gasteiger partial charge is 0.0342 e. The Kier molecular flexibility index (Phi) is 4.67. The molecule has 1 aromatic carbocycles. The molecule has 0 spiro atoms. The zero-order valence-corrected chi connectivity index (χ0v) is 14.7. The first-order valence-electron chi connectivity index (χ1n) is 8.15. The summed E-state index contributed by atoms with van der Waals surface area (Å²) in [6, 6.07) is 9.52. The van der Waals surface area contributed by atoms with Gasteiger partial charge in [0.05, 0.1) is 0 Å². The molecule has 0 heterocycles. The molecule has 21 heavy (non-hydrogen) atoms. The highest BCUT2D eigenvalue weighted by molar-refractivity contribution is 5.45. The summed E-state index contributed by atoms with van der Waals surface area (Å²) < 4.78 is 0. The molecule has 1 aliphatic carbocycles. The van der Waals surface area contributed by atoms with Gasteiger partial charge in [-0.15, -0.1) is 0 Å².